The molecule has 1 aromatic heterocycles. The first-order valence-corrected chi connectivity index (χ1v) is 6.72. The number of hydrogen-bond donors (Lipinski definition) is 1. The number of aromatic nitrogens is 1. The highest BCUT2D eigenvalue weighted by atomic mass is 19.3. The van der Waals surface area contributed by atoms with Crippen LogP contribution in [0.5, 0.6) is 0 Å². The maximum absolute atomic E-state index is 13.6. The molecule has 0 spiro atoms. The van der Waals surface area contributed by atoms with E-state index in [4.69, 9.17) is 5.11 Å². The lowest BCUT2D eigenvalue weighted by Gasteiger charge is -2.35. The highest BCUT2D eigenvalue weighted by molar-refractivity contribution is 5.70. The Morgan fingerprint density at radius 3 is 2.76 bits per heavy atom. The Hall–Kier alpha value is -1.76. The SMILES string of the molecule is CN(C)c1ccc(CN2CC(C(=O)O)CC(F)(F)C2)cn1. The lowest BCUT2D eigenvalue weighted by Crippen LogP contribution is -2.48. The van der Waals surface area contributed by atoms with Gasteiger partial charge < -0.3 is 10.0 Å². The van der Waals surface area contributed by atoms with Gasteiger partial charge in [0.1, 0.15) is 5.82 Å². The van der Waals surface area contributed by atoms with Crippen molar-refractivity contribution in [1.29, 1.82) is 0 Å². The number of hydrogen-bond acceptors (Lipinski definition) is 4. The molecule has 0 aromatic carbocycles. The summed E-state index contributed by atoms with van der Waals surface area (Å²) in [4.78, 5) is 18.5. The molecule has 7 heteroatoms. The van der Waals surface area contributed by atoms with Gasteiger partial charge in [0.05, 0.1) is 12.5 Å². The Morgan fingerprint density at radius 1 is 1.52 bits per heavy atom. The molecule has 0 aliphatic carbocycles. The molecular weight excluding hydrogens is 280 g/mol. The number of halogens is 2. The van der Waals surface area contributed by atoms with E-state index in [1.807, 2.05) is 31.1 Å². The number of anilines is 1. The molecule has 1 saturated heterocycles. The maximum atomic E-state index is 13.6. The average molecular weight is 299 g/mol. The molecule has 1 fully saturated rings. The van der Waals surface area contributed by atoms with Crippen molar-refractivity contribution in [2.45, 2.75) is 18.9 Å². The molecule has 1 N–H and O–H groups in total. The molecule has 5 nitrogen and oxygen atoms in total. The molecule has 21 heavy (non-hydrogen) atoms. The molecule has 2 rings (SSSR count). The quantitative estimate of drug-likeness (QED) is 0.917. The third-order valence-electron chi connectivity index (χ3n) is 3.50. The van der Waals surface area contributed by atoms with Crippen molar-refractivity contribution >= 4 is 11.8 Å². The number of carboxylic acids is 1. The first kappa shape index (κ1) is 15.6. The van der Waals surface area contributed by atoms with Gasteiger partial charge in [0.25, 0.3) is 5.92 Å². The van der Waals surface area contributed by atoms with E-state index in [1.54, 1.807) is 6.20 Å². The molecular formula is C14H19F2N3O2. The van der Waals surface area contributed by atoms with E-state index in [0.29, 0.717) is 0 Å². The van der Waals surface area contributed by atoms with Crippen molar-refractivity contribution in [3.8, 4) is 0 Å². The zero-order chi connectivity index (χ0) is 15.6. The Kier molecular flexibility index (Phi) is 4.41. The van der Waals surface area contributed by atoms with Crippen molar-refractivity contribution in [3.05, 3.63) is 23.9 Å². The summed E-state index contributed by atoms with van der Waals surface area (Å²) in [7, 11) is 3.73. The van der Waals surface area contributed by atoms with Crippen LogP contribution in [0.1, 0.15) is 12.0 Å². The van der Waals surface area contributed by atoms with E-state index in [0.717, 1.165) is 11.4 Å². The second-order valence-electron chi connectivity index (χ2n) is 5.68. The minimum absolute atomic E-state index is 0.139. The van der Waals surface area contributed by atoms with Crippen LogP contribution in [-0.4, -0.2) is 54.1 Å². The molecule has 116 valence electrons. The fraction of sp³-hybridized carbons (Fsp3) is 0.571. The first-order chi connectivity index (χ1) is 9.77. The Labute approximate surface area is 122 Å². The standard InChI is InChI=1S/C14H19F2N3O2/c1-18(2)12-4-3-10(6-17-12)7-19-8-11(13(20)21)5-14(15,16)9-19/h3-4,6,11H,5,7-9H2,1-2H3,(H,20,21). The van der Waals surface area contributed by atoms with Crippen LogP contribution in [0.3, 0.4) is 0 Å². The lowest BCUT2D eigenvalue weighted by molar-refractivity contribution is -0.153. The van der Waals surface area contributed by atoms with Gasteiger partial charge in [0.2, 0.25) is 0 Å². The van der Waals surface area contributed by atoms with Gasteiger partial charge in [0.15, 0.2) is 0 Å². The third-order valence-corrected chi connectivity index (χ3v) is 3.50. The first-order valence-electron chi connectivity index (χ1n) is 6.72. The van der Waals surface area contributed by atoms with Gasteiger partial charge in [-0.15, -0.1) is 0 Å². The second-order valence-corrected chi connectivity index (χ2v) is 5.68. The van der Waals surface area contributed by atoms with Crippen molar-refractivity contribution in [2.24, 2.45) is 5.92 Å². The third kappa shape index (κ3) is 4.10. The number of likely N-dealkylation sites (tertiary alicyclic amines) is 1. The maximum Gasteiger partial charge on any atom is 0.308 e. The zero-order valence-electron chi connectivity index (χ0n) is 12.1. The van der Waals surface area contributed by atoms with E-state index < -0.39 is 30.8 Å². The van der Waals surface area contributed by atoms with Crippen LogP contribution in [-0.2, 0) is 11.3 Å². The van der Waals surface area contributed by atoms with Gasteiger partial charge in [-0.05, 0) is 11.6 Å². The summed E-state index contributed by atoms with van der Waals surface area (Å²) in [5.74, 6) is -4.37. The van der Waals surface area contributed by atoms with Crippen molar-refractivity contribution in [1.82, 2.24) is 9.88 Å². The van der Waals surface area contributed by atoms with Crippen LogP contribution in [0.4, 0.5) is 14.6 Å². The van der Waals surface area contributed by atoms with Gasteiger partial charge in [-0.25, -0.2) is 13.8 Å². The minimum atomic E-state index is -2.96. The number of carboxylic acid groups (broad SMARTS) is 1. The molecule has 1 aliphatic rings. The van der Waals surface area contributed by atoms with E-state index in [-0.39, 0.29) is 13.1 Å². The van der Waals surface area contributed by atoms with E-state index >= 15 is 0 Å². The number of pyridine rings is 1. The number of rotatable bonds is 4. The minimum Gasteiger partial charge on any atom is -0.481 e. The number of piperidine rings is 1. The lowest BCUT2D eigenvalue weighted by atomic mass is 9.95. The van der Waals surface area contributed by atoms with Crippen LogP contribution in [0.25, 0.3) is 0 Å². The van der Waals surface area contributed by atoms with E-state index in [1.165, 1.54) is 4.90 Å². The number of alkyl halides is 2. The second kappa shape index (κ2) is 5.93. The summed E-state index contributed by atoms with van der Waals surface area (Å²) in [6.45, 7) is 0.00659. The van der Waals surface area contributed by atoms with Crippen LogP contribution in [0.2, 0.25) is 0 Å². The molecule has 1 aromatic rings. The predicted octanol–water partition coefficient (Wildman–Crippen LogP) is 1.69. The number of carbonyl (C=O) groups is 1. The van der Waals surface area contributed by atoms with Crippen molar-refractivity contribution in [2.75, 3.05) is 32.1 Å². The molecule has 2 heterocycles. The largest absolute Gasteiger partial charge is 0.481 e. The summed E-state index contributed by atoms with van der Waals surface area (Å²) in [5.41, 5.74) is 0.794. The summed E-state index contributed by atoms with van der Waals surface area (Å²) in [6.07, 6.45) is 1.05. The van der Waals surface area contributed by atoms with Gasteiger partial charge >= 0.3 is 5.97 Å². The summed E-state index contributed by atoms with van der Waals surface area (Å²) < 4.78 is 27.2. The van der Waals surface area contributed by atoms with Crippen LogP contribution >= 0.6 is 0 Å². The molecule has 0 radical (unpaired) electrons. The van der Waals surface area contributed by atoms with Crippen LogP contribution < -0.4 is 4.90 Å². The number of aliphatic carboxylic acids is 1. The van der Waals surface area contributed by atoms with Crippen LogP contribution in [0.15, 0.2) is 18.3 Å². The summed E-state index contributed by atoms with van der Waals surface area (Å²) >= 11 is 0. The van der Waals surface area contributed by atoms with Gasteiger partial charge in [-0.1, -0.05) is 6.07 Å². The molecule has 1 atom stereocenters. The molecule has 1 unspecified atom stereocenters. The normalized spacial score (nSPS) is 22.0. The highest BCUT2D eigenvalue weighted by Crippen LogP contribution is 2.31. The molecule has 0 bridgehead atoms. The monoisotopic (exact) mass is 299 g/mol. The van der Waals surface area contributed by atoms with Gasteiger partial charge in [-0.3, -0.25) is 9.69 Å². The fourth-order valence-corrected chi connectivity index (χ4v) is 2.51. The Bertz CT molecular complexity index is 505. The van der Waals surface area contributed by atoms with Crippen LogP contribution in [0, 0.1) is 5.92 Å². The molecule has 0 amide bonds. The smallest absolute Gasteiger partial charge is 0.308 e. The van der Waals surface area contributed by atoms with Crippen molar-refractivity contribution in [3.63, 3.8) is 0 Å². The number of nitrogens with zero attached hydrogens (tertiary/aromatic N) is 3. The fourth-order valence-electron chi connectivity index (χ4n) is 2.51. The summed E-state index contributed by atoms with van der Waals surface area (Å²) in [5, 5.41) is 8.97. The average Bonchev–Trinajstić information content (AvgIpc) is 2.37. The van der Waals surface area contributed by atoms with Gasteiger partial charge in [-0.2, -0.15) is 0 Å². The zero-order valence-corrected chi connectivity index (χ0v) is 12.1. The highest BCUT2D eigenvalue weighted by Gasteiger charge is 2.42. The van der Waals surface area contributed by atoms with Crippen molar-refractivity contribution < 1.29 is 18.7 Å². The van der Waals surface area contributed by atoms with E-state index in [9.17, 15) is 13.6 Å². The predicted molar refractivity (Wildman–Crippen MR) is 74.5 cm³/mol. The molecule has 0 saturated carbocycles. The van der Waals surface area contributed by atoms with E-state index in [2.05, 4.69) is 4.98 Å². The van der Waals surface area contributed by atoms with Gasteiger partial charge in [0, 0.05) is 39.8 Å². The topological polar surface area (TPSA) is 56.7 Å². The Morgan fingerprint density at radius 2 is 2.24 bits per heavy atom. The Balaban J connectivity index is 2.05. The molecule has 1 aliphatic heterocycles. The summed E-state index contributed by atoms with van der Waals surface area (Å²) in [6, 6.07) is 3.64.